The minimum atomic E-state index is -0.0220. The van der Waals surface area contributed by atoms with Crippen LogP contribution in [0.15, 0.2) is 0 Å². The van der Waals surface area contributed by atoms with E-state index < -0.39 is 0 Å². The van der Waals surface area contributed by atoms with Gasteiger partial charge in [-0.3, -0.25) is 4.79 Å². The largest absolute Gasteiger partial charge is 0.378 e. The van der Waals surface area contributed by atoms with Crippen molar-refractivity contribution in [2.75, 3.05) is 19.7 Å². The maximum absolute atomic E-state index is 12.0. The molecule has 0 bridgehead atoms. The van der Waals surface area contributed by atoms with Crippen LogP contribution in [0.3, 0.4) is 0 Å². The van der Waals surface area contributed by atoms with Crippen molar-refractivity contribution in [3.8, 4) is 0 Å². The van der Waals surface area contributed by atoms with Crippen LogP contribution in [-0.4, -0.2) is 37.2 Å². The number of piperidine rings is 1. The molecule has 4 heteroatoms. The summed E-state index contributed by atoms with van der Waals surface area (Å²) in [6.07, 6.45) is 5.89. The number of hydrogen-bond acceptors (Lipinski definition) is 3. The molecule has 1 fully saturated rings. The Bertz CT molecular complexity index is 251. The third kappa shape index (κ3) is 5.49. The zero-order valence-electron chi connectivity index (χ0n) is 12.8. The van der Waals surface area contributed by atoms with Crippen LogP contribution < -0.4 is 10.6 Å². The van der Waals surface area contributed by atoms with E-state index in [1.165, 1.54) is 0 Å². The summed E-state index contributed by atoms with van der Waals surface area (Å²) in [6, 6.07) is 0. The van der Waals surface area contributed by atoms with E-state index in [-0.39, 0.29) is 11.4 Å². The second-order valence-electron chi connectivity index (χ2n) is 5.46. The van der Waals surface area contributed by atoms with Crippen molar-refractivity contribution in [3.05, 3.63) is 0 Å². The maximum Gasteiger partial charge on any atom is 0.222 e. The maximum atomic E-state index is 12.0. The summed E-state index contributed by atoms with van der Waals surface area (Å²) in [7, 11) is 0. The lowest BCUT2D eigenvalue weighted by molar-refractivity contribution is -0.124. The van der Waals surface area contributed by atoms with Gasteiger partial charge in [-0.05, 0) is 45.2 Å². The van der Waals surface area contributed by atoms with Crippen LogP contribution in [-0.2, 0) is 9.53 Å². The van der Waals surface area contributed by atoms with Crippen LogP contribution in [0.1, 0.15) is 59.3 Å². The van der Waals surface area contributed by atoms with Gasteiger partial charge in [0.25, 0.3) is 0 Å². The smallest absolute Gasteiger partial charge is 0.222 e. The highest BCUT2D eigenvalue weighted by molar-refractivity contribution is 5.76. The molecule has 0 unspecified atom stereocenters. The number of rotatable bonds is 8. The molecule has 0 radical (unpaired) electrons. The van der Waals surface area contributed by atoms with Crippen LogP contribution in [0.4, 0.5) is 0 Å². The Kier molecular flexibility index (Phi) is 7.39. The lowest BCUT2D eigenvalue weighted by Gasteiger charge is -2.32. The van der Waals surface area contributed by atoms with Crippen LogP contribution in [0.2, 0.25) is 0 Å². The van der Waals surface area contributed by atoms with Gasteiger partial charge in [0, 0.05) is 12.0 Å². The fourth-order valence-electron chi connectivity index (χ4n) is 2.65. The zero-order chi connectivity index (χ0) is 14.1. The SMILES string of the molecule is CCC(CC)(CC)NC(=O)CCOC1CCNCC1. The van der Waals surface area contributed by atoms with Gasteiger partial charge in [0.15, 0.2) is 0 Å². The molecule has 112 valence electrons. The Morgan fingerprint density at radius 3 is 2.32 bits per heavy atom. The molecular weight excluding hydrogens is 240 g/mol. The summed E-state index contributed by atoms with van der Waals surface area (Å²) in [4.78, 5) is 12.0. The third-order valence-electron chi connectivity index (χ3n) is 4.40. The Morgan fingerprint density at radius 2 is 1.79 bits per heavy atom. The topological polar surface area (TPSA) is 50.4 Å². The van der Waals surface area contributed by atoms with Gasteiger partial charge in [-0.15, -0.1) is 0 Å². The van der Waals surface area contributed by atoms with E-state index in [0.29, 0.717) is 19.1 Å². The molecule has 2 N–H and O–H groups in total. The highest BCUT2D eigenvalue weighted by Crippen LogP contribution is 2.19. The van der Waals surface area contributed by atoms with Crippen molar-refractivity contribution in [3.63, 3.8) is 0 Å². The molecule has 0 aliphatic carbocycles. The van der Waals surface area contributed by atoms with E-state index in [1.54, 1.807) is 0 Å². The summed E-state index contributed by atoms with van der Waals surface area (Å²) in [5.74, 6) is 0.125. The third-order valence-corrected chi connectivity index (χ3v) is 4.40. The molecular formula is C15H30N2O2. The molecule has 1 rings (SSSR count). The van der Waals surface area contributed by atoms with E-state index >= 15 is 0 Å². The van der Waals surface area contributed by atoms with E-state index in [9.17, 15) is 4.79 Å². The standard InChI is InChI=1S/C15H30N2O2/c1-4-15(5-2,6-3)17-14(18)9-12-19-13-7-10-16-11-8-13/h13,16H,4-12H2,1-3H3,(H,17,18). The Balaban J connectivity index is 2.23. The number of carbonyl (C=O) groups excluding carboxylic acids is 1. The van der Waals surface area contributed by atoms with Gasteiger partial charge in [0.1, 0.15) is 0 Å². The minimum absolute atomic E-state index is 0.0220. The molecule has 1 aliphatic rings. The summed E-state index contributed by atoms with van der Waals surface area (Å²) in [5, 5.41) is 6.49. The summed E-state index contributed by atoms with van der Waals surface area (Å²) in [6.45, 7) is 9.02. The van der Waals surface area contributed by atoms with E-state index in [4.69, 9.17) is 4.74 Å². The normalized spacial score (nSPS) is 17.4. The Hall–Kier alpha value is -0.610. The Labute approximate surface area is 117 Å². The second-order valence-corrected chi connectivity index (χ2v) is 5.46. The minimum Gasteiger partial charge on any atom is -0.378 e. The van der Waals surface area contributed by atoms with Crippen LogP contribution in [0.25, 0.3) is 0 Å². The highest BCUT2D eigenvalue weighted by Gasteiger charge is 2.25. The molecule has 0 saturated carbocycles. The second kappa shape index (κ2) is 8.54. The van der Waals surface area contributed by atoms with E-state index in [0.717, 1.165) is 45.2 Å². The zero-order valence-corrected chi connectivity index (χ0v) is 12.8. The number of hydrogen-bond donors (Lipinski definition) is 2. The average molecular weight is 270 g/mol. The van der Waals surface area contributed by atoms with Gasteiger partial charge < -0.3 is 15.4 Å². The first-order chi connectivity index (χ1) is 9.15. The van der Waals surface area contributed by atoms with Gasteiger partial charge in [0.05, 0.1) is 12.7 Å². The van der Waals surface area contributed by atoms with E-state index in [2.05, 4.69) is 31.4 Å². The fourth-order valence-corrected chi connectivity index (χ4v) is 2.65. The van der Waals surface area contributed by atoms with Crippen molar-refractivity contribution < 1.29 is 9.53 Å². The van der Waals surface area contributed by atoms with Crippen molar-refractivity contribution in [1.82, 2.24) is 10.6 Å². The van der Waals surface area contributed by atoms with Gasteiger partial charge in [-0.2, -0.15) is 0 Å². The van der Waals surface area contributed by atoms with Crippen molar-refractivity contribution in [2.24, 2.45) is 0 Å². The van der Waals surface area contributed by atoms with Gasteiger partial charge in [0.2, 0.25) is 5.91 Å². The van der Waals surface area contributed by atoms with Crippen molar-refractivity contribution >= 4 is 5.91 Å². The molecule has 1 amide bonds. The fraction of sp³-hybridized carbons (Fsp3) is 0.933. The summed E-state index contributed by atoms with van der Waals surface area (Å²) in [5.41, 5.74) is -0.0220. The first kappa shape index (κ1) is 16.4. The van der Waals surface area contributed by atoms with Crippen molar-refractivity contribution in [1.29, 1.82) is 0 Å². The Morgan fingerprint density at radius 1 is 1.21 bits per heavy atom. The molecule has 0 spiro atoms. The van der Waals surface area contributed by atoms with Gasteiger partial charge in [-0.1, -0.05) is 20.8 Å². The van der Waals surface area contributed by atoms with Crippen LogP contribution >= 0.6 is 0 Å². The summed E-state index contributed by atoms with van der Waals surface area (Å²) >= 11 is 0. The molecule has 19 heavy (non-hydrogen) atoms. The lowest BCUT2D eigenvalue weighted by atomic mass is 9.89. The molecule has 0 aromatic carbocycles. The van der Waals surface area contributed by atoms with Crippen LogP contribution in [0.5, 0.6) is 0 Å². The molecule has 0 aromatic heterocycles. The monoisotopic (exact) mass is 270 g/mol. The molecule has 0 aromatic rings. The van der Waals surface area contributed by atoms with E-state index in [1.807, 2.05) is 0 Å². The number of amides is 1. The number of ether oxygens (including phenoxy) is 1. The van der Waals surface area contributed by atoms with Crippen LogP contribution in [0, 0.1) is 0 Å². The number of nitrogens with one attached hydrogen (secondary N) is 2. The quantitative estimate of drug-likeness (QED) is 0.711. The first-order valence-corrected chi connectivity index (χ1v) is 7.79. The highest BCUT2D eigenvalue weighted by atomic mass is 16.5. The predicted molar refractivity (Wildman–Crippen MR) is 78.2 cm³/mol. The van der Waals surface area contributed by atoms with Gasteiger partial charge in [-0.25, -0.2) is 0 Å². The molecule has 1 saturated heterocycles. The molecule has 4 nitrogen and oxygen atoms in total. The number of carbonyl (C=O) groups is 1. The molecule has 1 aliphatic heterocycles. The average Bonchev–Trinajstić information content (AvgIpc) is 2.46. The van der Waals surface area contributed by atoms with Crippen molar-refractivity contribution in [2.45, 2.75) is 70.9 Å². The summed E-state index contributed by atoms with van der Waals surface area (Å²) < 4.78 is 5.77. The molecule has 0 atom stereocenters. The predicted octanol–water partition coefficient (Wildman–Crippen LogP) is 2.23. The molecule has 1 heterocycles. The lowest BCUT2D eigenvalue weighted by Crippen LogP contribution is -2.47. The first-order valence-electron chi connectivity index (χ1n) is 7.79. The van der Waals surface area contributed by atoms with Gasteiger partial charge >= 0.3 is 0 Å².